The second-order valence-corrected chi connectivity index (χ2v) is 3.80. The molecule has 1 aromatic heterocycles. The average molecular weight is 182 g/mol. The van der Waals surface area contributed by atoms with Gasteiger partial charge in [0.1, 0.15) is 0 Å². The van der Waals surface area contributed by atoms with Crippen molar-refractivity contribution < 1.29 is 0 Å². The van der Waals surface area contributed by atoms with Crippen molar-refractivity contribution in [3.05, 3.63) is 21.9 Å². The summed E-state index contributed by atoms with van der Waals surface area (Å²) in [4.78, 5) is 5.56. The highest BCUT2D eigenvalue weighted by Gasteiger charge is 1.97. The molecule has 0 aromatic carbocycles. The summed E-state index contributed by atoms with van der Waals surface area (Å²) in [5.41, 5.74) is 6.79. The van der Waals surface area contributed by atoms with Gasteiger partial charge in [-0.25, -0.2) is 0 Å². The highest BCUT2D eigenvalue weighted by atomic mass is 32.1. The van der Waals surface area contributed by atoms with Gasteiger partial charge in [-0.2, -0.15) is 0 Å². The molecule has 0 aliphatic rings. The second kappa shape index (κ2) is 4.26. The fraction of sp³-hybridized carbons (Fsp3) is 0.444. The highest BCUT2D eigenvalue weighted by Crippen LogP contribution is 2.15. The smallest absolute Gasteiger partial charge is 0.0905 e. The van der Waals surface area contributed by atoms with Gasteiger partial charge >= 0.3 is 0 Å². The Kier molecular flexibility index (Phi) is 3.29. The topological polar surface area (TPSA) is 38.4 Å². The van der Waals surface area contributed by atoms with Gasteiger partial charge in [-0.3, -0.25) is 4.99 Å². The van der Waals surface area contributed by atoms with E-state index in [-0.39, 0.29) is 0 Å². The minimum Gasteiger partial charge on any atom is -0.388 e. The van der Waals surface area contributed by atoms with Gasteiger partial charge in [-0.05, 0) is 30.9 Å². The number of nitrogens with two attached hydrogens (primary N) is 1. The van der Waals surface area contributed by atoms with Crippen LogP contribution in [0.25, 0.3) is 0 Å². The van der Waals surface area contributed by atoms with Crippen molar-refractivity contribution in [1.82, 2.24) is 0 Å². The van der Waals surface area contributed by atoms with Crippen LogP contribution in [0.4, 0.5) is 0 Å². The largest absolute Gasteiger partial charge is 0.388 e. The van der Waals surface area contributed by atoms with Crippen LogP contribution in [0.1, 0.15) is 17.4 Å². The van der Waals surface area contributed by atoms with E-state index >= 15 is 0 Å². The fourth-order valence-corrected chi connectivity index (χ4v) is 1.89. The van der Waals surface area contributed by atoms with E-state index < -0.39 is 0 Å². The van der Waals surface area contributed by atoms with Gasteiger partial charge < -0.3 is 5.73 Å². The van der Waals surface area contributed by atoms with E-state index in [2.05, 4.69) is 23.4 Å². The van der Waals surface area contributed by atoms with Gasteiger partial charge in [0.2, 0.25) is 0 Å². The summed E-state index contributed by atoms with van der Waals surface area (Å²) in [5, 5.41) is 2.11. The first-order valence-corrected chi connectivity index (χ1v) is 4.87. The van der Waals surface area contributed by atoms with Crippen molar-refractivity contribution in [3.63, 3.8) is 0 Å². The van der Waals surface area contributed by atoms with Gasteiger partial charge in [0.25, 0.3) is 0 Å². The minimum absolute atomic E-state index is 0.671. The molecular weight excluding hydrogens is 168 g/mol. The number of hydrogen-bond acceptors (Lipinski definition) is 2. The molecule has 66 valence electrons. The Hall–Kier alpha value is -0.830. The molecule has 0 bridgehead atoms. The maximum atomic E-state index is 5.42. The lowest BCUT2D eigenvalue weighted by Gasteiger charge is -1.95. The van der Waals surface area contributed by atoms with Crippen molar-refractivity contribution in [1.29, 1.82) is 0 Å². The zero-order valence-corrected chi connectivity index (χ0v) is 8.32. The summed E-state index contributed by atoms with van der Waals surface area (Å²) in [6.07, 6.45) is 1.01. The second-order valence-electron chi connectivity index (χ2n) is 2.80. The van der Waals surface area contributed by atoms with Crippen LogP contribution < -0.4 is 5.73 Å². The molecule has 0 saturated heterocycles. The maximum absolute atomic E-state index is 5.42. The average Bonchev–Trinajstić information content (AvgIpc) is 2.36. The van der Waals surface area contributed by atoms with E-state index in [1.165, 1.54) is 10.4 Å². The van der Waals surface area contributed by atoms with E-state index in [4.69, 9.17) is 5.73 Å². The number of thiophene rings is 1. The molecule has 0 saturated carbocycles. The summed E-state index contributed by atoms with van der Waals surface area (Å²) in [6, 6.07) is 2.14. The van der Waals surface area contributed by atoms with E-state index in [1.807, 2.05) is 6.92 Å². The molecule has 1 heterocycles. The molecule has 0 aliphatic carbocycles. The number of rotatable bonds is 3. The monoisotopic (exact) mass is 182 g/mol. The third-order valence-corrected chi connectivity index (χ3v) is 2.75. The first-order valence-electron chi connectivity index (χ1n) is 3.99. The SMILES string of the molecule is CC(N)=NCCc1sccc1C. The summed E-state index contributed by atoms with van der Waals surface area (Å²) < 4.78 is 0. The van der Waals surface area contributed by atoms with Gasteiger partial charge in [0.05, 0.1) is 5.84 Å². The molecule has 1 aromatic rings. The molecule has 3 heteroatoms. The zero-order valence-electron chi connectivity index (χ0n) is 7.50. The van der Waals surface area contributed by atoms with Gasteiger partial charge in [-0.1, -0.05) is 0 Å². The molecular formula is C9H14N2S. The lowest BCUT2D eigenvalue weighted by Crippen LogP contribution is -2.06. The fourth-order valence-electron chi connectivity index (χ4n) is 0.994. The third kappa shape index (κ3) is 2.66. The molecule has 0 fully saturated rings. The molecule has 1 rings (SSSR count). The molecule has 2 N–H and O–H groups in total. The Morgan fingerprint density at radius 2 is 2.42 bits per heavy atom. The van der Waals surface area contributed by atoms with E-state index in [0.717, 1.165) is 13.0 Å². The minimum atomic E-state index is 0.671. The first-order chi connectivity index (χ1) is 5.70. The summed E-state index contributed by atoms with van der Waals surface area (Å²) >= 11 is 1.79. The van der Waals surface area contributed by atoms with Crippen molar-refractivity contribution in [2.24, 2.45) is 10.7 Å². The lowest BCUT2D eigenvalue weighted by molar-refractivity contribution is 0.975. The maximum Gasteiger partial charge on any atom is 0.0905 e. The Bertz CT molecular complexity index is 272. The van der Waals surface area contributed by atoms with Crippen LogP contribution in [0.15, 0.2) is 16.4 Å². The number of aryl methyl sites for hydroxylation is 1. The Labute approximate surface area is 77.1 Å². The van der Waals surface area contributed by atoms with Crippen molar-refractivity contribution in [3.8, 4) is 0 Å². The van der Waals surface area contributed by atoms with Crippen LogP contribution in [0, 0.1) is 6.92 Å². The van der Waals surface area contributed by atoms with Crippen LogP contribution in [-0.4, -0.2) is 12.4 Å². The Balaban J connectivity index is 2.44. The quantitative estimate of drug-likeness (QED) is 0.563. The standard InChI is InChI=1S/C9H14N2S/c1-7-4-6-12-9(7)3-5-11-8(2)10/h4,6H,3,5H2,1-2H3,(H2,10,11). The first kappa shape index (κ1) is 9.26. The summed E-state index contributed by atoms with van der Waals surface area (Å²) in [6.45, 7) is 4.76. The van der Waals surface area contributed by atoms with E-state index in [1.54, 1.807) is 11.3 Å². The molecule has 12 heavy (non-hydrogen) atoms. The van der Waals surface area contributed by atoms with E-state index in [9.17, 15) is 0 Å². The molecule has 2 nitrogen and oxygen atoms in total. The normalized spacial score (nSPS) is 12.0. The number of hydrogen-bond donors (Lipinski definition) is 1. The predicted octanol–water partition coefficient (Wildman–Crippen LogP) is 1.98. The molecule has 0 unspecified atom stereocenters. The van der Waals surface area contributed by atoms with Crippen LogP contribution in [0.3, 0.4) is 0 Å². The van der Waals surface area contributed by atoms with Crippen molar-refractivity contribution in [2.45, 2.75) is 20.3 Å². The number of amidine groups is 1. The van der Waals surface area contributed by atoms with Crippen LogP contribution in [0.2, 0.25) is 0 Å². The Morgan fingerprint density at radius 1 is 1.67 bits per heavy atom. The van der Waals surface area contributed by atoms with Crippen LogP contribution in [0.5, 0.6) is 0 Å². The molecule has 0 atom stereocenters. The van der Waals surface area contributed by atoms with Crippen LogP contribution in [-0.2, 0) is 6.42 Å². The van der Waals surface area contributed by atoms with E-state index in [0.29, 0.717) is 5.84 Å². The van der Waals surface area contributed by atoms with Crippen molar-refractivity contribution in [2.75, 3.05) is 6.54 Å². The van der Waals surface area contributed by atoms with Crippen molar-refractivity contribution >= 4 is 17.2 Å². The Morgan fingerprint density at radius 3 is 2.92 bits per heavy atom. The molecule has 0 spiro atoms. The molecule has 0 radical (unpaired) electrons. The molecule has 0 amide bonds. The zero-order chi connectivity index (χ0) is 8.97. The number of aliphatic imine (C=N–C) groups is 1. The summed E-state index contributed by atoms with van der Waals surface area (Å²) in [7, 11) is 0. The lowest BCUT2D eigenvalue weighted by atomic mass is 10.2. The molecule has 0 aliphatic heterocycles. The van der Waals surface area contributed by atoms with Gasteiger partial charge in [0.15, 0.2) is 0 Å². The third-order valence-electron chi connectivity index (χ3n) is 1.67. The predicted molar refractivity (Wildman–Crippen MR) is 54.9 cm³/mol. The van der Waals surface area contributed by atoms with Crippen LogP contribution >= 0.6 is 11.3 Å². The summed E-state index contributed by atoms with van der Waals surface area (Å²) in [5.74, 6) is 0.671. The number of nitrogens with zero attached hydrogens (tertiary/aromatic N) is 1. The highest BCUT2D eigenvalue weighted by molar-refractivity contribution is 7.10. The van der Waals surface area contributed by atoms with Gasteiger partial charge in [-0.15, -0.1) is 11.3 Å². The van der Waals surface area contributed by atoms with Gasteiger partial charge in [0, 0.05) is 17.8 Å².